The molecule has 1 aromatic heterocycles. The summed E-state index contributed by atoms with van der Waals surface area (Å²) >= 11 is 1.39. The van der Waals surface area contributed by atoms with Gasteiger partial charge in [0.2, 0.25) is 11.1 Å². The Kier molecular flexibility index (Phi) is 7.04. The van der Waals surface area contributed by atoms with Crippen molar-refractivity contribution in [2.45, 2.75) is 31.5 Å². The van der Waals surface area contributed by atoms with Gasteiger partial charge in [-0.25, -0.2) is 4.98 Å². The highest BCUT2D eigenvalue weighted by Crippen LogP contribution is 2.23. The number of aromatic nitrogens is 3. The number of hydrogen-bond donors (Lipinski definition) is 1. The summed E-state index contributed by atoms with van der Waals surface area (Å²) in [5.41, 5.74) is 3.62. The number of nitrogens with one attached hydrogen (secondary N) is 1. The van der Waals surface area contributed by atoms with Crippen LogP contribution in [0.5, 0.6) is 0 Å². The first kappa shape index (κ1) is 21.6. The average Bonchev–Trinajstić information content (AvgIpc) is 3.32. The van der Waals surface area contributed by atoms with E-state index < -0.39 is 0 Å². The second kappa shape index (κ2) is 10.1. The summed E-state index contributed by atoms with van der Waals surface area (Å²) in [5, 5.41) is 7.86. The van der Waals surface area contributed by atoms with Crippen LogP contribution in [-0.4, -0.2) is 62.8 Å². The number of aromatic amines is 1. The lowest BCUT2D eigenvalue weighted by atomic mass is 10.1. The number of nitrogens with zero attached hydrogens (tertiary/aromatic N) is 4. The summed E-state index contributed by atoms with van der Waals surface area (Å²) in [6.07, 6.45) is 1.01. The minimum absolute atomic E-state index is 0.149. The molecule has 1 fully saturated rings. The first-order chi connectivity index (χ1) is 15.1. The molecule has 1 amide bonds. The minimum atomic E-state index is 0.149. The summed E-state index contributed by atoms with van der Waals surface area (Å²) in [5.74, 6) is 1.25. The van der Waals surface area contributed by atoms with Crippen LogP contribution in [0.2, 0.25) is 0 Å². The number of carbonyl (C=O) groups is 1. The lowest BCUT2D eigenvalue weighted by Gasteiger charge is -2.38. The van der Waals surface area contributed by atoms with Crippen LogP contribution in [0.15, 0.2) is 59.8 Å². The first-order valence-corrected chi connectivity index (χ1v) is 11.8. The Labute approximate surface area is 188 Å². The van der Waals surface area contributed by atoms with E-state index in [-0.39, 0.29) is 5.91 Å². The molecule has 162 valence electrons. The van der Waals surface area contributed by atoms with E-state index >= 15 is 0 Å². The molecule has 1 N–H and O–H groups in total. The van der Waals surface area contributed by atoms with Crippen molar-refractivity contribution < 1.29 is 4.79 Å². The molecule has 1 saturated heterocycles. The number of aryl methyl sites for hydroxylation is 1. The first-order valence-electron chi connectivity index (χ1n) is 10.9. The Morgan fingerprint density at radius 2 is 1.77 bits per heavy atom. The van der Waals surface area contributed by atoms with Gasteiger partial charge in [0.15, 0.2) is 5.82 Å². The van der Waals surface area contributed by atoms with Gasteiger partial charge in [-0.15, -0.1) is 5.10 Å². The van der Waals surface area contributed by atoms with Crippen molar-refractivity contribution in [3.05, 3.63) is 65.7 Å². The Morgan fingerprint density at radius 3 is 2.45 bits per heavy atom. The number of benzene rings is 2. The quantitative estimate of drug-likeness (QED) is 0.568. The molecular formula is C24H29N5OS. The van der Waals surface area contributed by atoms with Gasteiger partial charge < -0.3 is 4.90 Å². The van der Waals surface area contributed by atoms with E-state index in [1.54, 1.807) is 0 Å². The molecule has 1 atom stereocenters. The molecule has 0 saturated carbocycles. The predicted molar refractivity (Wildman–Crippen MR) is 125 cm³/mol. The van der Waals surface area contributed by atoms with Crippen LogP contribution in [0.1, 0.15) is 31.0 Å². The molecule has 3 aromatic rings. The fourth-order valence-electron chi connectivity index (χ4n) is 3.86. The molecule has 0 aliphatic carbocycles. The van der Waals surface area contributed by atoms with E-state index in [0.29, 0.717) is 17.0 Å². The van der Waals surface area contributed by atoms with E-state index in [4.69, 9.17) is 0 Å². The largest absolute Gasteiger partial charge is 0.339 e. The van der Waals surface area contributed by atoms with Crippen LogP contribution in [0, 0.1) is 0 Å². The average molecular weight is 436 g/mol. The smallest absolute Gasteiger partial charge is 0.233 e. The monoisotopic (exact) mass is 435 g/mol. The zero-order valence-electron chi connectivity index (χ0n) is 18.1. The lowest BCUT2D eigenvalue weighted by Crippen LogP contribution is -2.49. The maximum Gasteiger partial charge on any atom is 0.233 e. The van der Waals surface area contributed by atoms with Crippen molar-refractivity contribution >= 4 is 17.7 Å². The minimum Gasteiger partial charge on any atom is -0.339 e. The topological polar surface area (TPSA) is 65.1 Å². The Morgan fingerprint density at radius 1 is 1.06 bits per heavy atom. The fraction of sp³-hybridized carbons (Fsp3) is 0.375. The van der Waals surface area contributed by atoms with Crippen molar-refractivity contribution in [1.82, 2.24) is 25.0 Å². The van der Waals surface area contributed by atoms with Gasteiger partial charge >= 0.3 is 0 Å². The van der Waals surface area contributed by atoms with Crippen LogP contribution >= 0.6 is 11.8 Å². The molecule has 31 heavy (non-hydrogen) atoms. The summed E-state index contributed by atoms with van der Waals surface area (Å²) in [6, 6.07) is 19.2. The van der Waals surface area contributed by atoms with Crippen molar-refractivity contribution in [1.29, 1.82) is 0 Å². The SMILES string of the molecule is CCc1ccc(-c2nc(SCC(=O)N3CCN(C(C)c4ccccc4)CC3)n[nH]2)cc1. The van der Waals surface area contributed by atoms with Crippen LogP contribution < -0.4 is 0 Å². The van der Waals surface area contributed by atoms with Gasteiger partial charge in [-0.05, 0) is 24.5 Å². The van der Waals surface area contributed by atoms with Crippen molar-refractivity contribution in [2.24, 2.45) is 0 Å². The van der Waals surface area contributed by atoms with Crippen LogP contribution in [0.25, 0.3) is 11.4 Å². The van der Waals surface area contributed by atoms with Crippen molar-refractivity contribution in [3.8, 4) is 11.4 Å². The van der Waals surface area contributed by atoms with Gasteiger partial charge in [0, 0.05) is 37.8 Å². The fourth-order valence-corrected chi connectivity index (χ4v) is 4.56. The molecular weight excluding hydrogens is 406 g/mol. The number of amides is 1. The Balaban J connectivity index is 1.26. The second-order valence-corrected chi connectivity index (χ2v) is 8.75. The van der Waals surface area contributed by atoms with E-state index in [0.717, 1.165) is 44.0 Å². The zero-order chi connectivity index (χ0) is 21.6. The third-order valence-corrected chi connectivity index (χ3v) is 6.75. The van der Waals surface area contributed by atoms with Gasteiger partial charge in [0.05, 0.1) is 5.75 Å². The summed E-state index contributed by atoms with van der Waals surface area (Å²) in [7, 11) is 0. The van der Waals surface area contributed by atoms with Crippen LogP contribution in [-0.2, 0) is 11.2 Å². The van der Waals surface area contributed by atoms with Gasteiger partial charge in [-0.1, -0.05) is 73.3 Å². The number of hydrogen-bond acceptors (Lipinski definition) is 5. The van der Waals surface area contributed by atoms with Crippen LogP contribution in [0.3, 0.4) is 0 Å². The summed E-state index contributed by atoms with van der Waals surface area (Å²) in [4.78, 5) is 21.6. The molecule has 0 radical (unpaired) electrons. The number of piperazine rings is 1. The van der Waals surface area contributed by atoms with Crippen LogP contribution in [0.4, 0.5) is 0 Å². The lowest BCUT2D eigenvalue weighted by molar-refractivity contribution is -0.130. The number of rotatable bonds is 7. The number of carbonyl (C=O) groups excluding carboxylic acids is 1. The van der Waals surface area contributed by atoms with E-state index in [2.05, 4.69) is 82.5 Å². The highest BCUT2D eigenvalue weighted by atomic mass is 32.2. The number of H-pyrrole nitrogens is 1. The van der Waals surface area contributed by atoms with Gasteiger partial charge in [-0.3, -0.25) is 14.8 Å². The third kappa shape index (κ3) is 5.35. The highest BCUT2D eigenvalue weighted by Gasteiger charge is 2.25. The summed E-state index contributed by atoms with van der Waals surface area (Å²) in [6.45, 7) is 7.69. The molecule has 1 aliphatic rings. The third-order valence-electron chi connectivity index (χ3n) is 5.92. The highest BCUT2D eigenvalue weighted by molar-refractivity contribution is 7.99. The standard InChI is InChI=1S/C24H29N5OS/c1-3-19-9-11-21(12-10-19)23-25-24(27-26-23)31-17-22(30)29-15-13-28(14-16-29)18(2)20-7-5-4-6-8-20/h4-12,18H,3,13-17H2,1-2H3,(H,25,26,27). The Hall–Kier alpha value is -2.64. The zero-order valence-corrected chi connectivity index (χ0v) is 18.9. The second-order valence-electron chi connectivity index (χ2n) is 7.81. The molecule has 1 unspecified atom stereocenters. The van der Waals surface area contributed by atoms with E-state index in [1.807, 2.05) is 11.0 Å². The normalized spacial score (nSPS) is 15.7. The predicted octanol–water partition coefficient (Wildman–Crippen LogP) is 4.03. The molecule has 7 heteroatoms. The van der Waals surface area contributed by atoms with E-state index in [1.165, 1.54) is 22.9 Å². The Bertz CT molecular complexity index is 981. The summed E-state index contributed by atoms with van der Waals surface area (Å²) < 4.78 is 0. The van der Waals surface area contributed by atoms with E-state index in [9.17, 15) is 4.79 Å². The molecule has 4 rings (SSSR count). The number of thioether (sulfide) groups is 1. The molecule has 6 nitrogen and oxygen atoms in total. The molecule has 0 spiro atoms. The molecule has 2 aromatic carbocycles. The van der Waals surface area contributed by atoms with Gasteiger partial charge in [0.25, 0.3) is 0 Å². The molecule has 2 heterocycles. The van der Waals surface area contributed by atoms with Gasteiger partial charge in [-0.2, -0.15) is 0 Å². The van der Waals surface area contributed by atoms with Crippen molar-refractivity contribution in [3.63, 3.8) is 0 Å². The molecule has 1 aliphatic heterocycles. The maximum atomic E-state index is 12.7. The van der Waals surface area contributed by atoms with Crippen molar-refractivity contribution in [2.75, 3.05) is 31.9 Å². The van der Waals surface area contributed by atoms with Gasteiger partial charge in [0.1, 0.15) is 0 Å². The molecule has 0 bridgehead atoms. The maximum absolute atomic E-state index is 12.7.